The van der Waals surface area contributed by atoms with E-state index in [-0.39, 0.29) is 25.7 Å². The third-order valence-corrected chi connectivity index (χ3v) is 5.14. The van der Waals surface area contributed by atoms with Crippen LogP contribution in [0.1, 0.15) is 46.5 Å². The van der Waals surface area contributed by atoms with Gasteiger partial charge in [0.05, 0.1) is 50.9 Å². The molecule has 0 fully saturated rings. The molecule has 0 aliphatic heterocycles. The Labute approximate surface area is 265 Å². The van der Waals surface area contributed by atoms with Crippen molar-refractivity contribution in [3.63, 3.8) is 0 Å². The third-order valence-electron chi connectivity index (χ3n) is 4.25. The number of carboxylic acids is 4. The Kier molecular flexibility index (Phi) is 36.0. The van der Waals surface area contributed by atoms with Gasteiger partial charge in [-0.15, -0.1) is 0 Å². The number of thiol groups is 4. The van der Waals surface area contributed by atoms with E-state index >= 15 is 0 Å². The highest BCUT2D eigenvalue weighted by atomic mass is 32.1. The van der Waals surface area contributed by atoms with Crippen molar-refractivity contribution in [3.05, 3.63) is 0 Å². The van der Waals surface area contributed by atoms with Crippen molar-refractivity contribution in [3.8, 4) is 0 Å². The number of hydrogen-bond donors (Lipinski definition) is 11. The number of carbonyl (C=O) groups excluding carboxylic acids is 3. The summed E-state index contributed by atoms with van der Waals surface area (Å²) in [5.41, 5.74) is -4.35. The minimum atomic E-state index is -2.39. The monoisotopic (exact) mass is 686 g/mol. The number of aliphatic hydroxyl groups excluding tert-OH is 3. The van der Waals surface area contributed by atoms with Gasteiger partial charge < -0.3 is 40.5 Å². The Balaban J connectivity index is -0.000000156. The molecule has 0 saturated heterocycles. The van der Waals surface area contributed by atoms with Crippen LogP contribution in [0.15, 0.2) is 0 Å². The van der Waals surface area contributed by atoms with Crippen molar-refractivity contribution >= 4 is 91.9 Å². The average Bonchev–Trinajstić information content (AvgIpc) is 2.85. The third kappa shape index (κ3) is 25.7. The first kappa shape index (κ1) is 49.6. The van der Waals surface area contributed by atoms with Gasteiger partial charge in [0, 0.05) is 29.9 Å². The second-order valence-corrected chi connectivity index (χ2v) is 9.40. The number of aliphatic carboxylic acids is 4. The minimum absolute atomic E-state index is 0.156. The molecule has 0 heterocycles. The molecule has 42 heavy (non-hydrogen) atoms. The molecule has 0 aliphatic carbocycles. The molecule has 19 heteroatoms. The zero-order valence-corrected chi connectivity index (χ0v) is 27.0. The van der Waals surface area contributed by atoms with Crippen molar-refractivity contribution in [2.45, 2.75) is 52.1 Å². The highest BCUT2D eigenvalue weighted by molar-refractivity contribution is 7.80. The van der Waals surface area contributed by atoms with Gasteiger partial charge in [0.15, 0.2) is 11.6 Å². The number of ketones is 2. The lowest BCUT2D eigenvalue weighted by atomic mass is 9.68. The maximum Gasteiger partial charge on any atom is 0.304 e. The van der Waals surface area contributed by atoms with Gasteiger partial charge in [-0.1, -0.05) is 0 Å². The molecule has 15 nitrogen and oxygen atoms in total. The van der Waals surface area contributed by atoms with Crippen LogP contribution in [0.25, 0.3) is 0 Å². The SMILES string of the molecule is CC(=O)OC(C(C)=O)(C(C)=O)C(CO)(CO)CO.O=C(O)CCS.O=C(O)CCS.O=C(O)CCS.O=C(O)CCS. The van der Waals surface area contributed by atoms with Crippen LogP contribution in [0, 0.1) is 5.41 Å². The average molecular weight is 687 g/mol. The van der Waals surface area contributed by atoms with E-state index in [1.165, 1.54) is 0 Å². The molecule has 0 bridgehead atoms. The molecule has 0 spiro atoms. The predicted octanol–water partition coefficient (Wildman–Crippen LogP) is -0.00680. The summed E-state index contributed by atoms with van der Waals surface area (Å²) in [6.45, 7) is 0.267. The summed E-state index contributed by atoms with van der Waals surface area (Å²) in [7, 11) is 0. The molecule has 0 rings (SSSR count). The van der Waals surface area contributed by atoms with E-state index in [4.69, 9.17) is 25.2 Å². The first-order valence-electron chi connectivity index (χ1n) is 11.7. The number of esters is 1. The largest absolute Gasteiger partial charge is 0.481 e. The molecule has 0 saturated carbocycles. The molecule has 0 amide bonds. The normalized spacial score (nSPS) is 9.86. The molecular formula is C23H42O15S4. The van der Waals surface area contributed by atoms with E-state index < -0.39 is 72.2 Å². The predicted molar refractivity (Wildman–Crippen MR) is 164 cm³/mol. The van der Waals surface area contributed by atoms with E-state index in [1.54, 1.807) is 0 Å². The lowest BCUT2D eigenvalue weighted by Gasteiger charge is -2.43. The van der Waals surface area contributed by atoms with Gasteiger partial charge in [-0.05, 0) is 13.8 Å². The van der Waals surface area contributed by atoms with Gasteiger partial charge in [-0.2, -0.15) is 50.5 Å². The number of carbonyl (C=O) groups is 7. The van der Waals surface area contributed by atoms with Crippen molar-refractivity contribution in [2.24, 2.45) is 5.41 Å². The van der Waals surface area contributed by atoms with E-state index in [0.29, 0.717) is 23.0 Å². The van der Waals surface area contributed by atoms with Gasteiger partial charge in [0.25, 0.3) is 0 Å². The first-order valence-corrected chi connectivity index (χ1v) is 14.2. The number of aliphatic hydroxyl groups is 3. The van der Waals surface area contributed by atoms with Crippen LogP contribution < -0.4 is 0 Å². The van der Waals surface area contributed by atoms with Gasteiger partial charge in [0.2, 0.25) is 5.60 Å². The van der Waals surface area contributed by atoms with E-state index in [0.717, 1.165) is 20.8 Å². The highest BCUT2D eigenvalue weighted by Gasteiger charge is 2.60. The maximum absolute atomic E-state index is 11.7. The molecule has 0 unspecified atom stereocenters. The zero-order chi connectivity index (χ0) is 34.5. The number of hydrogen-bond acceptors (Lipinski definition) is 15. The molecule has 0 aromatic carbocycles. The van der Waals surface area contributed by atoms with Crippen molar-refractivity contribution in [1.82, 2.24) is 0 Å². The van der Waals surface area contributed by atoms with Crippen LogP contribution in [0.5, 0.6) is 0 Å². The molecule has 0 radical (unpaired) electrons. The van der Waals surface area contributed by atoms with E-state index in [1.807, 2.05) is 0 Å². The fourth-order valence-electron chi connectivity index (χ4n) is 2.33. The fraction of sp³-hybridized carbons (Fsp3) is 0.696. The summed E-state index contributed by atoms with van der Waals surface area (Å²) in [4.78, 5) is 72.8. The Hall–Kier alpha value is -2.03. The van der Waals surface area contributed by atoms with E-state index in [9.17, 15) is 48.9 Å². The molecule has 0 aromatic heterocycles. The molecule has 0 aliphatic rings. The smallest absolute Gasteiger partial charge is 0.304 e. The number of rotatable bonds is 15. The Bertz CT molecular complexity index is 731. The summed E-state index contributed by atoms with van der Waals surface area (Å²) in [6.07, 6.45) is 0.623. The lowest BCUT2D eigenvalue weighted by molar-refractivity contribution is -0.199. The van der Waals surface area contributed by atoms with Gasteiger partial charge >= 0.3 is 29.8 Å². The number of carboxylic acid groups (broad SMARTS) is 4. The molecule has 7 N–H and O–H groups in total. The van der Waals surface area contributed by atoms with E-state index in [2.05, 4.69) is 50.5 Å². The minimum Gasteiger partial charge on any atom is -0.481 e. The highest BCUT2D eigenvalue weighted by Crippen LogP contribution is 2.36. The van der Waals surface area contributed by atoms with Gasteiger partial charge in [-0.25, -0.2) is 0 Å². The van der Waals surface area contributed by atoms with Crippen LogP contribution in [0.4, 0.5) is 0 Å². The Morgan fingerprint density at radius 3 is 0.810 bits per heavy atom. The van der Waals surface area contributed by atoms with Crippen molar-refractivity contribution in [1.29, 1.82) is 0 Å². The molecule has 248 valence electrons. The van der Waals surface area contributed by atoms with Gasteiger partial charge in [0.1, 0.15) is 0 Å². The van der Waals surface area contributed by atoms with Crippen molar-refractivity contribution in [2.75, 3.05) is 42.8 Å². The maximum atomic E-state index is 11.7. The Morgan fingerprint density at radius 2 is 0.738 bits per heavy atom. The first-order chi connectivity index (χ1) is 19.3. The van der Waals surface area contributed by atoms with Crippen LogP contribution in [-0.2, 0) is 38.3 Å². The quantitative estimate of drug-likeness (QED) is 0.0614. The fourth-order valence-corrected chi connectivity index (χ4v) is 3.09. The van der Waals surface area contributed by atoms with Gasteiger partial charge in [-0.3, -0.25) is 33.6 Å². The number of Topliss-reactive ketones (excluding diaryl/α,β-unsaturated/α-hetero) is 2. The van der Waals surface area contributed by atoms with Crippen LogP contribution in [0.2, 0.25) is 0 Å². The topological polar surface area (TPSA) is 270 Å². The standard InChI is InChI=1S/C11H18O7.4C3H6O2S/c1-7(15)11(8(2)16,18-9(3)17)10(4-12,5-13)6-14;4*4-3(5)1-2-6/h12-14H,4-6H2,1-3H3;4*6H,1-2H2,(H,4,5). The summed E-state index contributed by atoms with van der Waals surface area (Å²) >= 11 is 14.7. The van der Waals surface area contributed by atoms with Crippen LogP contribution >= 0.6 is 50.5 Å². The van der Waals surface area contributed by atoms with Crippen LogP contribution in [0.3, 0.4) is 0 Å². The number of ether oxygens (including phenoxy) is 1. The summed E-state index contributed by atoms with van der Waals surface area (Å²) in [5.74, 6) is -4.12. The molecular weight excluding hydrogens is 645 g/mol. The molecule has 0 atom stereocenters. The second-order valence-electron chi connectivity index (χ2n) is 7.61. The Morgan fingerprint density at radius 1 is 0.524 bits per heavy atom. The molecule has 0 aromatic rings. The summed E-state index contributed by atoms with van der Waals surface area (Å²) in [6, 6.07) is 0. The van der Waals surface area contributed by atoms with Crippen LogP contribution in [-0.4, -0.2) is 126 Å². The second kappa shape index (κ2) is 30.4. The summed E-state index contributed by atoms with van der Waals surface area (Å²) in [5, 5.41) is 59.4. The lowest BCUT2D eigenvalue weighted by Crippen LogP contribution is -2.65. The van der Waals surface area contributed by atoms with Crippen molar-refractivity contribution < 1.29 is 74.0 Å². The summed E-state index contributed by atoms with van der Waals surface area (Å²) < 4.78 is 4.78. The zero-order valence-electron chi connectivity index (χ0n) is 23.5.